The highest BCUT2D eigenvalue weighted by Gasteiger charge is 2.49. The molecule has 0 aliphatic carbocycles. The van der Waals surface area contributed by atoms with Crippen LogP contribution in [0.15, 0.2) is 47.6 Å². The summed E-state index contributed by atoms with van der Waals surface area (Å²) in [5.74, 6) is 1.03. The standard InChI is InChI=1S/C21H29N5O4S/c1-22-20-12-23-11-18(24-20)16-7-9-25(10-8-16)14-21(28)15-26(13-19(21)27)31(29,30)17-5-3-2-4-6-17/h2-6,11-12,16,19,27-28H,7-10,13-15H2,1H3,(H,22,24)/t19-,21+/m1/s1. The minimum Gasteiger partial charge on any atom is -0.389 e. The zero-order chi connectivity index (χ0) is 22.1. The van der Waals surface area contributed by atoms with E-state index in [1.165, 1.54) is 16.4 Å². The number of rotatable bonds is 6. The number of sulfonamides is 1. The lowest BCUT2D eigenvalue weighted by molar-refractivity contribution is -0.0639. The Balaban J connectivity index is 1.38. The summed E-state index contributed by atoms with van der Waals surface area (Å²) in [6.07, 6.45) is 4.06. The number of nitrogens with one attached hydrogen (secondary N) is 1. The largest absolute Gasteiger partial charge is 0.389 e. The minimum atomic E-state index is -3.76. The van der Waals surface area contributed by atoms with Crippen LogP contribution in [-0.2, 0) is 10.0 Å². The lowest BCUT2D eigenvalue weighted by Gasteiger charge is -2.37. The van der Waals surface area contributed by atoms with Crippen LogP contribution >= 0.6 is 0 Å². The molecule has 0 radical (unpaired) electrons. The van der Waals surface area contributed by atoms with Crippen molar-refractivity contribution in [2.45, 2.75) is 35.4 Å². The van der Waals surface area contributed by atoms with E-state index in [1.54, 1.807) is 30.6 Å². The first-order valence-electron chi connectivity index (χ1n) is 10.5. The van der Waals surface area contributed by atoms with E-state index in [9.17, 15) is 18.6 Å². The van der Waals surface area contributed by atoms with Crippen LogP contribution in [0.2, 0.25) is 0 Å². The topological polar surface area (TPSA) is 119 Å². The molecule has 0 amide bonds. The monoisotopic (exact) mass is 447 g/mol. The molecule has 3 N–H and O–H groups in total. The molecule has 1 aromatic heterocycles. The van der Waals surface area contributed by atoms with E-state index in [4.69, 9.17) is 0 Å². The smallest absolute Gasteiger partial charge is 0.243 e. The number of aliphatic hydroxyl groups is 2. The number of aromatic nitrogens is 2. The molecular weight excluding hydrogens is 418 g/mol. The summed E-state index contributed by atoms with van der Waals surface area (Å²) in [7, 11) is -1.95. The van der Waals surface area contributed by atoms with Crippen molar-refractivity contribution in [2.75, 3.05) is 45.1 Å². The van der Waals surface area contributed by atoms with Gasteiger partial charge in [0.2, 0.25) is 10.0 Å². The van der Waals surface area contributed by atoms with Crippen LogP contribution < -0.4 is 5.32 Å². The molecule has 10 heteroatoms. The van der Waals surface area contributed by atoms with Gasteiger partial charge in [0.1, 0.15) is 11.4 Å². The van der Waals surface area contributed by atoms with Gasteiger partial charge >= 0.3 is 0 Å². The minimum absolute atomic E-state index is 0.114. The molecule has 31 heavy (non-hydrogen) atoms. The second-order valence-electron chi connectivity index (χ2n) is 8.36. The summed E-state index contributed by atoms with van der Waals surface area (Å²) in [6.45, 7) is 1.45. The zero-order valence-corrected chi connectivity index (χ0v) is 18.4. The molecule has 0 spiro atoms. The van der Waals surface area contributed by atoms with Gasteiger partial charge in [-0.25, -0.2) is 13.4 Å². The number of aliphatic hydroxyl groups excluding tert-OH is 1. The van der Waals surface area contributed by atoms with Gasteiger partial charge in [-0.2, -0.15) is 4.31 Å². The van der Waals surface area contributed by atoms with Crippen molar-refractivity contribution in [3.05, 3.63) is 48.4 Å². The molecule has 0 bridgehead atoms. The maximum Gasteiger partial charge on any atom is 0.243 e. The van der Waals surface area contributed by atoms with Crippen LogP contribution in [0, 0.1) is 0 Å². The number of hydrogen-bond acceptors (Lipinski definition) is 8. The van der Waals surface area contributed by atoms with Gasteiger partial charge in [0.15, 0.2) is 0 Å². The Morgan fingerprint density at radius 2 is 1.90 bits per heavy atom. The maximum absolute atomic E-state index is 12.9. The van der Waals surface area contributed by atoms with Gasteiger partial charge in [-0.05, 0) is 38.1 Å². The van der Waals surface area contributed by atoms with Crippen molar-refractivity contribution >= 4 is 15.8 Å². The predicted molar refractivity (Wildman–Crippen MR) is 116 cm³/mol. The van der Waals surface area contributed by atoms with Crippen molar-refractivity contribution in [3.8, 4) is 0 Å². The van der Waals surface area contributed by atoms with Gasteiger partial charge in [0.05, 0.1) is 22.9 Å². The fourth-order valence-corrected chi connectivity index (χ4v) is 5.92. The number of hydrogen-bond donors (Lipinski definition) is 3. The van der Waals surface area contributed by atoms with Gasteiger partial charge in [0, 0.05) is 38.8 Å². The Labute approximate surface area is 182 Å². The summed E-state index contributed by atoms with van der Waals surface area (Å²) < 4.78 is 26.9. The second kappa shape index (κ2) is 8.79. The lowest BCUT2D eigenvalue weighted by atomic mass is 9.92. The van der Waals surface area contributed by atoms with E-state index in [-0.39, 0.29) is 30.4 Å². The number of nitrogens with zero attached hydrogens (tertiary/aromatic N) is 4. The van der Waals surface area contributed by atoms with Gasteiger partial charge < -0.3 is 20.4 Å². The molecule has 2 aromatic rings. The van der Waals surface area contributed by atoms with E-state index in [0.717, 1.165) is 37.4 Å². The zero-order valence-electron chi connectivity index (χ0n) is 17.6. The third-order valence-electron chi connectivity index (χ3n) is 6.24. The molecule has 2 atom stereocenters. The summed E-state index contributed by atoms with van der Waals surface area (Å²) in [5, 5.41) is 24.7. The molecule has 168 valence electrons. The Hall–Kier alpha value is -2.11. The Morgan fingerprint density at radius 3 is 2.58 bits per heavy atom. The molecule has 2 aliphatic rings. The van der Waals surface area contributed by atoms with Crippen molar-refractivity contribution in [2.24, 2.45) is 0 Å². The molecule has 4 rings (SSSR count). The van der Waals surface area contributed by atoms with Crippen LogP contribution in [0.4, 0.5) is 5.82 Å². The van der Waals surface area contributed by atoms with Crippen molar-refractivity contribution < 1.29 is 18.6 Å². The van der Waals surface area contributed by atoms with Gasteiger partial charge in [-0.1, -0.05) is 18.2 Å². The number of anilines is 1. The van der Waals surface area contributed by atoms with E-state index in [2.05, 4.69) is 20.2 Å². The molecule has 1 aromatic carbocycles. The first-order chi connectivity index (χ1) is 14.8. The molecule has 2 aliphatic heterocycles. The molecule has 2 saturated heterocycles. The van der Waals surface area contributed by atoms with Crippen molar-refractivity contribution in [3.63, 3.8) is 0 Å². The lowest BCUT2D eigenvalue weighted by Crippen LogP contribution is -2.53. The summed E-state index contributed by atoms with van der Waals surface area (Å²) in [5.41, 5.74) is -0.549. The van der Waals surface area contributed by atoms with Crippen molar-refractivity contribution in [1.82, 2.24) is 19.2 Å². The highest BCUT2D eigenvalue weighted by Crippen LogP contribution is 2.31. The number of β-amino-alcohol motifs (C(OH)–C–C–N with tert-alkyl or cyclic N) is 2. The van der Waals surface area contributed by atoms with Crippen molar-refractivity contribution in [1.29, 1.82) is 0 Å². The third-order valence-corrected chi connectivity index (χ3v) is 8.07. The fourth-order valence-electron chi connectivity index (χ4n) is 4.39. The van der Waals surface area contributed by atoms with Gasteiger partial charge in [0.25, 0.3) is 0 Å². The summed E-state index contributed by atoms with van der Waals surface area (Å²) in [4.78, 5) is 11.1. The third kappa shape index (κ3) is 4.58. The summed E-state index contributed by atoms with van der Waals surface area (Å²) >= 11 is 0. The molecular formula is C21H29N5O4S. The van der Waals surface area contributed by atoms with Gasteiger partial charge in [-0.15, -0.1) is 0 Å². The van der Waals surface area contributed by atoms with Crippen LogP contribution in [0.5, 0.6) is 0 Å². The highest BCUT2D eigenvalue weighted by atomic mass is 32.2. The molecule has 0 saturated carbocycles. The SMILES string of the molecule is CNc1cncc(C2CCN(C[C@]3(O)CN(S(=O)(=O)c4ccccc4)C[C@H]3O)CC2)n1. The molecule has 0 unspecified atom stereocenters. The fraction of sp³-hybridized carbons (Fsp3) is 0.524. The Kier molecular flexibility index (Phi) is 6.27. The maximum atomic E-state index is 12.9. The quantitative estimate of drug-likeness (QED) is 0.586. The van der Waals surface area contributed by atoms with Gasteiger partial charge in [-0.3, -0.25) is 4.98 Å². The van der Waals surface area contributed by atoms with Crippen LogP contribution in [0.25, 0.3) is 0 Å². The summed E-state index contributed by atoms with van der Waals surface area (Å²) in [6, 6.07) is 8.11. The van der Waals surface area contributed by atoms with E-state index < -0.39 is 21.7 Å². The average Bonchev–Trinajstić information content (AvgIpc) is 3.09. The Morgan fingerprint density at radius 1 is 1.19 bits per heavy atom. The Bertz CT molecular complexity index is 998. The van der Waals surface area contributed by atoms with Crippen LogP contribution in [-0.4, -0.2) is 89.3 Å². The second-order valence-corrected chi connectivity index (χ2v) is 10.3. The number of piperidine rings is 1. The van der Waals surface area contributed by atoms with E-state index >= 15 is 0 Å². The van der Waals surface area contributed by atoms with E-state index in [0.29, 0.717) is 0 Å². The molecule has 9 nitrogen and oxygen atoms in total. The average molecular weight is 448 g/mol. The van der Waals surface area contributed by atoms with E-state index in [1.807, 2.05) is 7.05 Å². The molecule has 3 heterocycles. The van der Waals surface area contributed by atoms with Crippen LogP contribution in [0.3, 0.4) is 0 Å². The first-order valence-corrected chi connectivity index (χ1v) is 11.9. The molecule has 2 fully saturated rings. The number of likely N-dealkylation sites (tertiary alicyclic amines) is 1. The van der Waals surface area contributed by atoms with Crippen LogP contribution in [0.1, 0.15) is 24.5 Å². The first kappa shape index (κ1) is 22.1. The normalized spacial score (nSPS) is 26.2. The highest BCUT2D eigenvalue weighted by molar-refractivity contribution is 7.89. The number of benzene rings is 1. The predicted octanol–water partition coefficient (Wildman–Crippen LogP) is 0.494.